The molecule has 5 nitrogen and oxygen atoms in total. The third-order valence-electron chi connectivity index (χ3n) is 10.9. The van der Waals surface area contributed by atoms with E-state index in [1.807, 2.05) is 18.2 Å². The fourth-order valence-electron chi connectivity index (χ4n) is 8.53. The summed E-state index contributed by atoms with van der Waals surface area (Å²) in [7, 11) is 0. The van der Waals surface area contributed by atoms with Crippen LogP contribution in [-0.4, -0.2) is 19.1 Å². The van der Waals surface area contributed by atoms with Crippen LogP contribution in [0.3, 0.4) is 0 Å². The van der Waals surface area contributed by atoms with E-state index >= 15 is 0 Å². The van der Waals surface area contributed by atoms with E-state index in [1.54, 1.807) is 0 Å². The number of aromatic nitrogens is 4. The Morgan fingerprint density at radius 1 is 0.415 bits per heavy atom. The summed E-state index contributed by atoms with van der Waals surface area (Å²) < 4.78 is 11.5. The molecule has 0 saturated heterocycles. The lowest BCUT2D eigenvalue weighted by atomic mass is 10.0. The molecular weight excluding hydrogens is 649 g/mol. The van der Waals surface area contributed by atoms with Crippen LogP contribution in [0.1, 0.15) is 0 Å². The monoisotopic (exact) mass is 676 g/mol. The van der Waals surface area contributed by atoms with E-state index < -0.39 is 0 Å². The average molecular weight is 677 g/mol. The Bertz CT molecular complexity index is 3410. The minimum atomic E-state index is 0.651. The number of nitrogens with zero attached hydrogens (tertiary/aromatic N) is 4. The van der Waals surface area contributed by atoms with Gasteiger partial charge >= 0.3 is 0 Å². The van der Waals surface area contributed by atoms with Gasteiger partial charge in [0.25, 0.3) is 0 Å². The minimum Gasteiger partial charge on any atom is -0.450 e. The normalized spacial score (nSPS) is 12.2. The van der Waals surface area contributed by atoms with Crippen LogP contribution in [0.5, 0.6) is 0 Å². The molecule has 5 heteroatoms. The maximum Gasteiger partial charge on any atom is 0.197 e. The summed E-state index contributed by atoms with van der Waals surface area (Å²) in [5.74, 6) is 1.36. The smallest absolute Gasteiger partial charge is 0.197 e. The highest BCUT2D eigenvalue weighted by molar-refractivity contribution is 6.22. The van der Waals surface area contributed by atoms with Crippen molar-refractivity contribution in [1.29, 1.82) is 0 Å². The highest BCUT2D eigenvalue weighted by Gasteiger charge is 2.24. The Balaban J connectivity index is 1.26. The topological polar surface area (TPSA) is 48.8 Å². The Hall–Kier alpha value is -7.24. The van der Waals surface area contributed by atoms with Crippen LogP contribution in [0.25, 0.3) is 110 Å². The molecule has 0 unspecified atom stereocenters. The van der Waals surface area contributed by atoms with Gasteiger partial charge in [0.05, 0.1) is 22.1 Å². The molecule has 0 aliphatic rings. The summed E-state index contributed by atoms with van der Waals surface area (Å²) in [6.45, 7) is 0. The number of fused-ring (bicyclic) bond motifs is 12. The fraction of sp³-hybridized carbons (Fsp3) is 0. The lowest BCUT2D eigenvalue weighted by Crippen LogP contribution is -2.02. The average Bonchev–Trinajstić information content (AvgIpc) is 3.87. The van der Waals surface area contributed by atoms with Crippen LogP contribution in [0.2, 0.25) is 0 Å². The zero-order chi connectivity index (χ0) is 34.6. The predicted octanol–water partition coefficient (Wildman–Crippen LogP) is 12.5. The summed E-state index contributed by atoms with van der Waals surface area (Å²) in [5, 5.41) is 10.4. The number of hydrogen-bond donors (Lipinski definition) is 0. The molecule has 4 heterocycles. The van der Waals surface area contributed by atoms with E-state index in [4.69, 9.17) is 14.4 Å². The fourth-order valence-corrected chi connectivity index (χ4v) is 8.53. The molecule has 12 rings (SSSR count). The largest absolute Gasteiger partial charge is 0.450 e. The number of benzene rings is 8. The molecule has 0 saturated carbocycles. The van der Waals surface area contributed by atoms with Crippen molar-refractivity contribution >= 4 is 87.2 Å². The van der Waals surface area contributed by atoms with E-state index in [0.29, 0.717) is 17.2 Å². The van der Waals surface area contributed by atoms with Crippen molar-refractivity contribution in [3.8, 4) is 22.9 Å². The number of furan rings is 1. The van der Waals surface area contributed by atoms with Crippen LogP contribution in [0, 0.1) is 0 Å². The molecule has 12 aromatic rings. The van der Waals surface area contributed by atoms with Crippen molar-refractivity contribution in [3.05, 3.63) is 170 Å². The van der Waals surface area contributed by atoms with Gasteiger partial charge in [-0.15, -0.1) is 0 Å². The Kier molecular flexibility index (Phi) is 5.71. The maximum atomic E-state index is 6.86. The van der Waals surface area contributed by atoms with Gasteiger partial charge in [-0.3, -0.25) is 4.57 Å². The van der Waals surface area contributed by atoms with Crippen molar-refractivity contribution < 1.29 is 4.42 Å². The molecule has 0 atom stereocenters. The van der Waals surface area contributed by atoms with Crippen LogP contribution < -0.4 is 0 Å². The summed E-state index contributed by atoms with van der Waals surface area (Å²) >= 11 is 0. The lowest BCUT2D eigenvalue weighted by molar-refractivity contribution is 0.663. The first-order valence-corrected chi connectivity index (χ1v) is 17.9. The highest BCUT2D eigenvalue weighted by atomic mass is 16.3. The third-order valence-corrected chi connectivity index (χ3v) is 10.9. The first-order chi connectivity index (χ1) is 26.3. The summed E-state index contributed by atoms with van der Waals surface area (Å²) in [4.78, 5) is 10.6. The van der Waals surface area contributed by atoms with Gasteiger partial charge in [0.1, 0.15) is 11.1 Å². The minimum absolute atomic E-state index is 0.651. The lowest BCUT2D eigenvalue weighted by Gasteiger charge is -2.12. The Morgan fingerprint density at radius 3 is 1.85 bits per heavy atom. The van der Waals surface area contributed by atoms with Crippen molar-refractivity contribution in [3.63, 3.8) is 0 Å². The first kappa shape index (κ1) is 28.5. The quantitative estimate of drug-likeness (QED) is 0.187. The molecule has 0 aliphatic heterocycles. The molecular formula is C48H28N4O. The number of para-hydroxylation sites is 2. The van der Waals surface area contributed by atoms with Gasteiger partial charge in [-0.2, -0.15) is 0 Å². The predicted molar refractivity (Wildman–Crippen MR) is 218 cm³/mol. The second-order valence-electron chi connectivity index (χ2n) is 13.8. The van der Waals surface area contributed by atoms with Gasteiger partial charge in [0.2, 0.25) is 0 Å². The zero-order valence-corrected chi connectivity index (χ0v) is 28.4. The standard InChI is InChI=1S/C48H28N4O/c1-2-13-30(14-3-1)47-49-45-38-26-31-15-4-5-16-32(31)27-43(38)53-46(45)48(50-47)52-41-25-22-29-12-6-7-17-34(29)44(41)37-24-23-33(28-42(37)52)51-39-20-10-8-18-35(39)36-19-9-11-21-40(36)51/h1-28H. The van der Waals surface area contributed by atoms with Gasteiger partial charge in [-0.05, 0) is 64.0 Å². The molecule has 0 bridgehead atoms. The van der Waals surface area contributed by atoms with E-state index in [9.17, 15) is 0 Å². The van der Waals surface area contributed by atoms with E-state index in [2.05, 4.69) is 161 Å². The second kappa shape index (κ2) is 10.6. The highest BCUT2D eigenvalue weighted by Crippen LogP contribution is 2.42. The van der Waals surface area contributed by atoms with Crippen molar-refractivity contribution in [1.82, 2.24) is 19.1 Å². The molecule has 0 aliphatic carbocycles. The molecule has 0 spiro atoms. The van der Waals surface area contributed by atoms with Crippen LogP contribution in [0.15, 0.2) is 174 Å². The summed E-state index contributed by atoms with van der Waals surface area (Å²) in [5.41, 5.74) is 8.70. The van der Waals surface area contributed by atoms with E-state index in [0.717, 1.165) is 54.9 Å². The number of hydrogen-bond acceptors (Lipinski definition) is 3. The van der Waals surface area contributed by atoms with Gasteiger partial charge in [-0.25, -0.2) is 9.97 Å². The van der Waals surface area contributed by atoms with Crippen molar-refractivity contribution in [2.45, 2.75) is 0 Å². The van der Waals surface area contributed by atoms with Gasteiger partial charge in [0, 0.05) is 38.2 Å². The first-order valence-electron chi connectivity index (χ1n) is 17.9. The van der Waals surface area contributed by atoms with E-state index in [-0.39, 0.29) is 0 Å². The molecule has 0 radical (unpaired) electrons. The van der Waals surface area contributed by atoms with E-state index in [1.165, 1.54) is 38.0 Å². The molecule has 4 aromatic heterocycles. The Labute approximate surface area is 302 Å². The molecule has 246 valence electrons. The SMILES string of the molecule is c1ccc(-c2nc(-n3c4cc(-n5c6ccccc6c6ccccc65)ccc4c4c5ccccc5ccc43)c3oc4cc5ccccc5cc4c3n2)cc1. The zero-order valence-electron chi connectivity index (χ0n) is 28.4. The van der Waals surface area contributed by atoms with Crippen LogP contribution >= 0.6 is 0 Å². The van der Waals surface area contributed by atoms with Crippen molar-refractivity contribution in [2.75, 3.05) is 0 Å². The van der Waals surface area contributed by atoms with Crippen LogP contribution in [0.4, 0.5) is 0 Å². The number of rotatable bonds is 3. The van der Waals surface area contributed by atoms with Gasteiger partial charge in [-0.1, -0.05) is 127 Å². The third kappa shape index (κ3) is 4.02. The summed E-state index contributed by atoms with van der Waals surface area (Å²) in [6, 6.07) is 60.2. The van der Waals surface area contributed by atoms with Gasteiger partial charge < -0.3 is 8.98 Å². The second-order valence-corrected chi connectivity index (χ2v) is 13.8. The van der Waals surface area contributed by atoms with Crippen LogP contribution in [-0.2, 0) is 0 Å². The van der Waals surface area contributed by atoms with Crippen molar-refractivity contribution in [2.24, 2.45) is 0 Å². The molecule has 53 heavy (non-hydrogen) atoms. The molecule has 8 aromatic carbocycles. The molecule has 0 fully saturated rings. The maximum absolute atomic E-state index is 6.86. The summed E-state index contributed by atoms with van der Waals surface area (Å²) in [6.07, 6.45) is 0. The molecule has 0 amide bonds. The van der Waals surface area contributed by atoms with Gasteiger partial charge in [0.15, 0.2) is 17.2 Å². The molecule has 0 N–H and O–H groups in total. The Morgan fingerprint density at radius 2 is 1.08 bits per heavy atom.